The lowest BCUT2D eigenvalue weighted by Crippen LogP contribution is -2.46. The maximum absolute atomic E-state index is 12.8. The molecule has 0 bridgehead atoms. The molecule has 0 aliphatic carbocycles. The number of benzene rings is 1. The second-order valence-electron chi connectivity index (χ2n) is 5.84. The zero-order valence-electron chi connectivity index (χ0n) is 13.3. The number of nitrogens with zero attached hydrogens (tertiary/aromatic N) is 4. The monoisotopic (exact) mass is 312 g/mol. The molecule has 0 radical (unpaired) electrons. The molecule has 2 heterocycles. The number of rotatable bonds is 3. The van der Waals surface area contributed by atoms with Gasteiger partial charge in [0.15, 0.2) is 0 Å². The second kappa shape index (κ2) is 6.24. The lowest BCUT2D eigenvalue weighted by Gasteiger charge is -2.33. The fourth-order valence-electron chi connectivity index (χ4n) is 2.90. The molecule has 0 saturated carbocycles. The predicted molar refractivity (Wildman–Crippen MR) is 88.1 cm³/mol. The lowest BCUT2D eigenvalue weighted by atomic mass is 9.95. The number of carbonyl (C=O) groups excluding carboxylic acids is 2. The normalized spacial score (nSPS) is 18.1. The van der Waals surface area contributed by atoms with Gasteiger partial charge in [-0.1, -0.05) is 18.2 Å². The van der Waals surface area contributed by atoms with Gasteiger partial charge in [0.05, 0.1) is 17.8 Å². The van der Waals surface area contributed by atoms with E-state index >= 15 is 0 Å². The van der Waals surface area contributed by atoms with Crippen molar-refractivity contribution >= 4 is 23.2 Å². The summed E-state index contributed by atoms with van der Waals surface area (Å²) in [7, 11) is 3.59. The third kappa shape index (κ3) is 3.11. The Bertz CT molecular complexity index is 710. The molecule has 0 spiro atoms. The molecule has 1 aromatic carbocycles. The third-order valence-electron chi connectivity index (χ3n) is 4.24. The Kier molecular flexibility index (Phi) is 4.14. The molecule has 1 aliphatic heterocycles. The van der Waals surface area contributed by atoms with E-state index < -0.39 is 0 Å². The van der Waals surface area contributed by atoms with Crippen LogP contribution in [0.15, 0.2) is 42.7 Å². The third-order valence-corrected chi connectivity index (χ3v) is 4.24. The lowest BCUT2D eigenvalue weighted by molar-refractivity contribution is -0.125. The maximum atomic E-state index is 12.8. The van der Waals surface area contributed by atoms with E-state index in [-0.39, 0.29) is 17.7 Å². The van der Waals surface area contributed by atoms with Gasteiger partial charge >= 0.3 is 0 Å². The molecule has 1 atom stereocenters. The van der Waals surface area contributed by atoms with Crippen LogP contribution in [0.1, 0.15) is 12.8 Å². The second-order valence-corrected chi connectivity index (χ2v) is 5.84. The fourth-order valence-corrected chi connectivity index (χ4v) is 2.90. The first kappa shape index (κ1) is 15.3. The minimum absolute atomic E-state index is 0.0394. The van der Waals surface area contributed by atoms with Crippen LogP contribution in [-0.2, 0) is 16.6 Å². The number of carbonyl (C=O) groups is 2. The largest absolute Gasteiger partial charge is 0.315 e. The topological polar surface area (TPSA) is 58.4 Å². The van der Waals surface area contributed by atoms with Crippen LogP contribution in [-0.4, -0.2) is 35.2 Å². The fraction of sp³-hybridized carbons (Fsp3) is 0.353. The highest BCUT2D eigenvalue weighted by molar-refractivity contribution is 5.99. The molecular weight excluding hydrogens is 292 g/mol. The Labute approximate surface area is 135 Å². The summed E-state index contributed by atoms with van der Waals surface area (Å²) in [6.07, 6.45) is 4.43. The molecule has 6 nitrogen and oxygen atoms in total. The quantitative estimate of drug-likeness (QED) is 0.869. The van der Waals surface area contributed by atoms with Gasteiger partial charge in [0.25, 0.3) is 0 Å². The van der Waals surface area contributed by atoms with Crippen molar-refractivity contribution in [1.29, 1.82) is 0 Å². The van der Waals surface area contributed by atoms with Gasteiger partial charge in [0.2, 0.25) is 11.8 Å². The van der Waals surface area contributed by atoms with Gasteiger partial charge in [-0.3, -0.25) is 14.3 Å². The highest BCUT2D eigenvalue weighted by Gasteiger charge is 2.33. The summed E-state index contributed by atoms with van der Waals surface area (Å²) in [5, 5.41) is 4.11. The number of piperidine rings is 1. The van der Waals surface area contributed by atoms with Gasteiger partial charge in [-0.15, -0.1) is 0 Å². The van der Waals surface area contributed by atoms with E-state index in [1.54, 1.807) is 33.9 Å². The van der Waals surface area contributed by atoms with Crippen molar-refractivity contribution < 1.29 is 9.59 Å². The standard InChI is InChI=1S/C17H20N4O2/c1-19-12-15(10-18-19)21-11-13(8-9-16(21)22)17(23)20(2)14-6-4-3-5-7-14/h3-7,10,12-13H,8-9,11H2,1-2H3. The summed E-state index contributed by atoms with van der Waals surface area (Å²) in [6.45, 7) is 0.403. The maximum Gasteiger partial charge on any atom is 0.231 e. The van der Waals surface area contributed by atoms with Crippen molar-refractivity contribution in [3.63, 3.8) is 0 Å². The van der Waals surface area contributed by atoms with Gasteiger partial charge in [-0.2, -0.15) is 5.10 Å². The van der Waals surface area contributed by atoms with E-state index in [1.807, 2.05) is 37.4 Å². The summed E-state index contributed by atoms with van der Waals surface area (Å²) >= 11 is 0. The molecule has 1 aliphatic rings. The highest BCUT2D eigenvalue weighted by atomic mass is 16.2. The molecule has 2 amide bonds. The molecule has 6 heteroatoms. The SMILES string of the molecule is CN(C(=O)C1CCC(=O)N(c2cnn(C)c2)C1)c1ccccc1. The summed E-state index contributed by atoms with van der Waals surface area (Å²) in [5.74, 6) is -0.111. The first-order valence-electron chi connectivity index (χ1n) is 7.68. The molecule has 1 saturated heterocycles. The van der Waals surface area contributed by atoms with Crippen LogP contribution in [0.4, 0.5) is 11.4 Å². The molecule has 1 fully saturated rings. The van der Waals surface area contributed by atoms with Crippen LogP contribution < -0.4 is 9.80 Å². The molecule has 3 rings (SSSR count). The van der Waals surface area contributed by atoms with Crippen LogP contribution in [0.25, 0.3) is 0 Å². The van der Waals surface area contributed by atoms with E-state index in [2.05, 4.69) is 5.10 Å². The number of aromatic nitrogens is 2. The molecule has 0 N–H and O–H groups in total. The molecule has 23 heavy (non-hydrogen) atoms. The molecular formula is C17H20N4O2. The number of hydrogen-bond donors (Lipinski definition) is 0. The van der Waals surface area contributed by atoms with Gasteiger partial charge in [-0.05, 0) is 18.6 Å². The number of anilines is 2. The smallest absolute Gasteiger partial charge is 0.231 e. The first-order chi connectivity index (χ1) is 11.1. The van der Waals surface area contributed by atoms with E-state index in [9.17, 15) is 9.59 Å². The number of para-hydroxylation sites is 1. The molecule has 1 aromatic heterocycles. The summed E-state index contributed by atoms with van der Waals surface area (Å²) < 4.78 is 1.66. The minimum Gasteiger partial charge on any atom is -0.315 e. The Balaban J connectivity index is 1.75. The van der Waals surface area contributed by atoms with Gasteiger partial charge in [0, 0.05) is 38.9 Å². The number of hydrogen-bond acceptors (Lipinski definition) is 3. The minimum atomic E-state index is -0.196. The van der Waals surface area contributed by atoms with Gasteiger partial charge in [-0.25, -0.2) is 0 Å². The Morgan fingerprint density at radius 2 is 2.04 bits per heavy atom. The predicted octanol–water partition coefficient (Wildman–Crippen LogP) is 1.83. The highest BCUT2D eigenvalue weighted by Crippen LogP contribution is 2.26. The molecule has 2 aromatic rings. The number of amides is 2. The molecule has 1 unspecified atom stereocenters. The van der Waals surface area contributed by atoms with Crippen molar-refractivity contribution in [2.24, 2.45) is 13.0 Å². The van der Waals surface area contributed by atoms with E-state index in [0.717, 1.165) is 11.4 Å². The van der Waals surface area contributed by atoms with Crippen molar-refractivity contribution in [2.45, 2.75) is 12.8 Å². The Morgan fingerprint density at radius 1 is 1.30 bits per heavy atom. The van der Waals surface area contributed by atoms with Gasteiger partial charge < -0.3 is 9.80 Å². The zero-order valence-corrected chi connectivity index (χ0v) is 13.3. The van der Waals surface area contributed by atoms with Crippen molar-refractivity contribution in [1.82, 2.24) is 9.78 Å². The summed E-state index contributed by atoms with van der Waals surface area (Å²) in [5.41, 5.74) is 1.61. The Hall–Kier alpha value is -2.63. The van der Waals surface area contributed by atoms with Gasteiger partial charge in [0.1, 0.15) is 0 Å². The van der Waals surface area contributed by atoms with Crippen LogP contribution in [0.3, 0.4) is 0 Å². The van der Waals surface area contributed by atoms with E-state index in [0.29, 0.717) is 19.4 Å². The van der Waals surface area contributed by atoms with E-state index in [1.165, 1.54) is 0 Å². The van der Waals surface area contributed by atoms with Crippen LogP contribution in [0.5, 0.6) is 0 Å². The van der Waals surface area contributed by atoms with Crippen LogP contribution >= 0.6 is 0 Å². The van der Waals surface area contributed by atoms with Crippen molar-refractivity contribution in [3.8, 4) is 0 Å². The van der Waals surface area contributed by atoms with Crippen LogP contribution in [0, 0.1) is 5.92 Å². The Morgan fingerprint density at radius 3 is 2.70 bits per heavy atom. The number of aryl methyl sites for hydroxylation is 1. The first-order valence-corrected chi connectivity index (χ1v) is 7.68. The average molecular weight is 312 g/mol. The van der Waals surface area contributed by atoms with Crippen molar-refractivity contribution in [2.75, 3.05) is 23.4 Å². The van der Waals surface area contributed by atoms with Crippen molar-refractivity contribution in [3.05, 3.63) is 42.7 Å². The van der Waals surface area contributed by atoms with Crippen LogP contribution in [0.2, 0.25) is 0 Å². The molecule has 120 valence electrons. The average Bonchev–Trinajstić information content (AvgIpc) is 3.01. The zero-order chi connectivity index (χ0) is 16.4. The summed E-state index contributed by atoms with van der Waals surface area (Å²) in [6, 6.07) is 9.55. The summed E-state index contributed by atoms with van der Waals surface area (Å²) in [4.78, 5) is 28.3. The van der Waals surface area contributed by atoms with E-state index in [4.69, 9.17) is 0 Å².